The molecule has 148 valence electrons. The third-order valence-corrected chi connectivity index (χ3v) is 6.58. The number of hydrogen-bond acceptors (Lipinski definition) is 6. The Bertz CT molecular complexity index is 1050. The summed E-state index contributed by atoms with van der Waals surface area (Å²) < 4.78 is 10.7. The number of amides is 1. The summed E-state index contributed by atoms with van der Waals surface area (Å²) in [5, 5.41) is 21.9. The predicted octanol–water partition coefficient (Wildman–Crippen LogP) is 3.35. The fourth-order valence-corrected chi connectivity index (χ4v) is 5.29. The molecule has 2 aliphatic rings. The standard InChI is InChI=1S/C22H20N2O4S/c1-27-15-7-5-6-14(10-15)22(26)13-29-21-18(12-23)17(11-20(25)24(21)22)16-8-3-4-9-19(16)28-2/h3-10,17,26H,11,13H2,1-2H3/t17-,22+/m0/s1. The molecule has 0 radical (unpaired) electrons. The van der Waals surface area contributed by atoms with Crippen LogP contribution in [0.4, 0.5) is 0 Å². The van der Waals surface area contributed by atoms with Gasteiger partial charge in [0.05, 0.1) is 36.6 Å². The van der Waals surface area contributed by atoms with Gasteiger partial charge < -0.3 is 14.6 Å². The number of thioether (sulfide) groups is 1. The Balaban J connectivity index is 1.82. The second-order valence-electron chi connectivity index (χ2n) is 6.90. The van der Waals surface area contributed by atoms with E-state index in [1.807, 2.05) is 24.3 Å². The highest BCUT2D eigenvalue weighted by Gasteiger charge is 2.52. The topological polar surface area (TPSA) is 82.8 Å². The number of para-hydroxylation sites is 1. The summed E-state index contributed by atoms with van der Waals surface area (Å²) in [5.74, 6) is 0.832. The van der Waals surface area contributed by atoms with Crippen LogP contribution in [0.1, 0.15) is 23.5 Å². The van der Waals surface area contributed by atoms with Crippen molar-refractivity contribution in [3.05, 3.63) is 70.3 Å². The fourth-order valence-electron chi connectivity index (χ4n) is 3.93. The summed E-state index contributed by atoms with van der Waals surface area (Å²) in [5.41, 5.74) is 0.294. The lowest BCUT2D eigenvalue weighted by Gasteiger charge is -2.38. The Morgan fingerprint density at radius 2 is 2.00 bits per heavy atom. The molecular formula is C22H20N2O4S. The summed E-state index contributed by atoms with van der Waals surface area (Å²) in [6.45, 7) is 0. The van der Waals surface area contributed by atoms with E-state index in [0.717, 1.165) is 5.56 Å². The number of carbonyl (C=O) groups excluding carboxylic acids is 1. The fraction of sp³-hybridized carbons (Fsp3) is 0.273. The highest BCUT2D eigenvalue weighted by Crippen LogP contribution is 2.52. The molecule has 1 N–H and O–H groups in total. The molecule has 2 aromatic rings. The minimum Gasteiger partial charge on any atom is -0.497 e. The molecule has 0 aromatic heterocycles. The first-order chi connectivity index (χ1) is 14.0. The first-order valence-corrected chi connectivity index (χ1v) is 10.1. The monoisotopic (exact) mass is 408 g/mol. The van der Waals surface area contributed by atoms with Crippen molar-refractivity contribution in [3.8, 4) is 17.6 Å². The molecule has 1 fully saturated rings. The van der Waals surface area contributed by atoms with E-state index in [1.165, 1.54) is 16.7 Å². The van der Waals surface area contributed by atoms with Crippen molar-refractivity contribution >= 4 is 17.7 Å². The van der Waals surface area contributed by atoms with Crippen LogP contribution in [-0.2, 0) is 10.5 Å². The van der Waals surface area contributed by atoms with Crippen molar-refractivity contribution in [3.63, 3.8) is 0 Å². The number of aliphatic hydroxyl groups is 1. The first-order valence-electron chi connectivity index (χ1n) is 9.13. The molecule has 6 nitrogen and oxygen atoms in total. The molecule has 1 amide bonds. The maximum Gasteiger partial charge on any atom is 0.231 e. The Morgan fingerprint density at radius 3 is 2.72 bits per heavy atom. The van der Waals surface area contributed by atoms with Crippen LogP contribution in [0.3, 0.4) is 0 Å². The molecule has 2 aliphatic heterocycles. The van der Waals surface area contributed by atoms with E-state index in [0.29, 0.717) is 27.7 Å². The molecule has 2 atom stereocenters. The second-order valence-corrected chi connectivity index (χ2v) is 7.86. The van der Waals surface area contributed by atoms with Gasteiger partial charge in [-0.15, -0.1) is 11.8 Å². The third kappa shape index (κ3) is 3.05. The molecule has 1 saturated heterocycles. The molecule has 7 heteroatoms. The van der Waals surface area contributed by atoms with E-state index < -0.39 is 11.6 Å². The molecule has 4 rings (SSSR count). The van der Waals surface area contributed by atoms with Crippen LogP contribution in [0.5, 0.6) is 11.5 Å². The van der Waals surface area contributed by atoms with Gasteiger partial charge in [0, 0.05) is 23.5 Å². The number of nitrogens with zero attached hydrogens (tertiary/aromatic N) is 2. The molecule has 0 saturated carbocycles. The van der Waals surface area contributed by atoms with Crippen LogP contribution in [-0.4, -0.2) is 35.9 Å². The number of fused-ring (bicyclic) bond motifs is 1. The Hall–Kier alpha value is -2.95. The van der Waals surface area contributed by atoms with Crippen molar-refractivity contribution in [2.45, 2.75) is 18.1 Å². The predicted molar refractivity (Wildman–Crippen MR) is 109 cm³/mol. The third-order valence-electron chi connectivity index (χ3n) is 5.36. The zero-order valence-electron chi connectivity index (χ0n) is 16.1. The minimum absolute atomic E-state index is 0.0829. The average Bonchev–Trinajstić information content (AvgIpc) is 3.13. The number of benzene rings is 2. The number of nitriles is 1. The van der Waals surface area contributed by atoms with Gasteiger partial charge in [-0.3, -0.25) is 9.69 Å². The zero-order valence-corrected chi connectivity index (χ0v) is 16.9. The second kappa shape index (κ2) is 7.47. The van der Waals surface area contributed by atoms with E-state index in [4.69, 9.17) is 9.47 Å². The highest BCUT2D eigenvalue weighted by molar-refractivity contribution is 8.03. The largest absolute Gasteiger partial charge is 0.497 e. The van der Waals surface area contributed by atoms with E-state index in [-0.39, 0.29) is 18.1 Å². The summed E-state index contributed by atoms with van der Waals surface area (Å²) in [6, 6.07) is 16.7. The van der Waals surface area contributed by atoms with E-state index in [1.54, 1.807) is 38.5 Å². The summed E-state index contributed by atoms with van der Waals surface area (Å²) in [4.78, 5) is 14.6. The molecule has 0 spiro atoms. The van der Waals surface area contributed by atoms with Crippen LogP contribution < -0.4 is 9.47 Å². The molecule has 2 aromatic carbocycles. The van der Waals surface area contributed by atoms with Crippen LogP contribution >= 0.6 is 11.8 Å². The maximum atomic E-state index is 13.2. The number of hydrogen-bond donors (Lipinski definition) is 1. The Morgan fingerprint density at radius 1 is 1.21 bits per heavy atom. The first kappa shape index (κ1) is 19.4. The van der Waals surface area contributed by atoms with Crippen molar-refractivity contribution in [1.82, 2.24) is 4.90 Å². The minimum atomic E-state index is -1.53. The SMILES string of the molecule is COc1cccc([C@]2(O)CSC3=C(C#N)[C@H](c4ccccc4OC)CC(=O)N32)c1. The number of rotatable bonds is 4. The number of carbonyl (C=O) groups is 1. The molecule has 0 unspecified atom stereocenters. The van der Waals surface area contributed by atoms with Crippen LogP contribution in [0.2, 0.25) is 0 Å². The van der Waals surface area contributed by atoms with E-state index in [2.05, 4.69) is 6.07 Å². The molecule has 29 heavy (non-hydrogen) atoms. The van der Waals surface area contributed by atoms with E-state index in [9.17, 15) is 15.2 Å². The van der Waals surface area contributed by atoms with Crippen LogP contribution in [0.25, 0.3) is 0 Å². The molecule has 0 aliphatic carbocycles. The van der Waals surface area contributed by atoms with Gasteiger partial charge in [0.2, 0.25) is 5.91 Å². The summed E-state index contributed by atoms with van der Waals surface area (Å²) in [6.07, 6.45) is 0.0829. The highest BCUT2D eigenvalue weighted by atomic mass is 32.2. The van der Waals surface area contributed by atoms with Gasteiger partial charge in [-0.05, 0) is 18.2 Å². The zero-order chi connectivity index (χ0) is 20.6. The normalized spacial score (nSPS) is 23.6. The van der Waals surface area contributed by atoms with Gasteiger partial charge in [-0.2, -0.15) is 5.26 Å². The maximum absolute atomic E-state index is 13.2. The number of ether oxygens (including phenoxy) is 2. The average molecular weight is 408 g/mol. The van der Waals surface area contributed by atoms with Gasteiger partial charge in [0.1, 0.15) is 11.5 Å². The smallest absolute Gasteiger partial charge is 0.231 e. The molecular weight excluding hydrogens is 388 g/mol. The van der Waals surface area contributed by atoms with Crippen LogP contribution in [0.15, 0.2) is 59.1 Å². The lowest BCUT2D eigenvalue weighted by Crippen LogP contribution is -2.48. The lowest BCUT2D eigenvalue weighted by atomic mass is 9.85. The van der Waals surface area contributed by atoms with Crippen molar-refractivity contribution < 1.29 is 19.4 Å². The van der Waals surface area contributed by atoms with Crippen molar-refractivity contribution in [2.24, 2.45) is 0 Å². The Kier molecular flexibility index (Phi) is 4.99. The van der Waals surface area contributed by atoms with Crippen LogP contribution in [0, 0.1) is 11.3 Å². The van der Waals surface area contributed by atoms with Gasteiger partial charge in [0.15, 0.2) is 5.72 Å². The van der Waals surface area contributed by atoms with E-state index >= 15 is 0 Å². The van der Waals surface area contributed by atoms with Gasteiger partial charge in [0.25, 0.3) is 0 Å². The quantitative estimate of drug-likeness (QED) is 0.835. The lowest BCUT2D eigenvalue weighted by molar-refractivity contribution is -0.149. The van der Waals surface area contributed by atoms with Gasteiger partial charge in [-0.1, -0.05) is 30.3 Å². The number of methoxy groups -OCH3 is 2. The van der Waals surface area contributed by atoms with Gasteiger partial charge >= 0.3 is 0 Å². The Labute approximate surface area is 173 Å². The summed E-state index contributed by atoms with van der Waals surface area (Å²) in [7, 11) is 3.12. The van der Waals surface area contributed by atoms with Gasteiger partial charge in [-0.25, -0.2) is 0 Å². The van der Waals surface area contributed by atoms with Crippen molar-refractivity contribution in [2.75, 3.05) is 20.0 Å². The molecule has 0 bridgehead atoms. The van der Waals surface area contributed by atoms with Crippen molar-refractivity contribution in [1.29, 1.82) is 5.26 Å². The number of allylic oxidation sites excluding steroid dienone is 1. The molecule has 2 heterocycles. The summed E-state index contributed by atoms with van der Waals surface area (Å²) >= 11 is 1.32.